The lowest BCUT2D eigenvalue weighted by Gasteiger charge is -2.37. The van der Waals surface area contributed by atoms with E-state index in [1.54, 1.807) is 41.5 Å². The van der Waals surface area contributed by atoms with E-state index in [0.717, 1.165) is 0 Å². The lowest BCUT2D eigenvalue weighted by molar-refractivity contribution is 0.0132. The molecule has 1 fully saturated rings. The molecule has 1 heterocycles. The van der Waals surface area contributed by atoms with Gasteiger partial charge in [-0.25, -0.2) is 9.59 Å². The fraction of sp³-hybridized carbons (Fsp3) is 0.812. The van der Waals surface area contributed by atoms with Gasteiger partial charge >= 0.3 is 12.2 Å². The minimum Gasteiger partial charge on any atom is -0.444 e. The lowest BCUT2D eigenvalue weighted by Crippen LogP contribution is -2.55. The molecule has 7 nitrogen and oxygen atoms in total. The number of ether oxygens (including phenoxy) is 2. The van der Waals surface area contributed by atoms with Crippen LogP contribution < -0.4 is 5.32 Å². The molecule has 0 bridgehead atoms. The number of hydrogen-bond acceptors (Lipinski definition) is 5. The molecule has 2 atom stereocenters. The highest BCUT2D eigenvalue weighted by molar-refractivity contribution is 5.70. The largest absolute Gasteiger partial charge is 0.444 e. The summed E-state index contributed by atoms with van der Waals surface area (Å²) in [6, 6.07) is 1.71. The van der Waals surface area contributed by atoms with E-state index >= 15 is 0 Å². The van der Waals surface area contributed by atoms with Crippen molar-refractivity contribution in [3.8, 4) is 6.07 Å². The summed E-state index contributed by atoms with van der Waals surface area (Å²) in [4.78, 5) is 25.6. The first-order chi connectivity index (χ1) is 10.4. The van der Waals surface area contributed by atoms with Gasteiger partial charge in [-0.3, -0.25) is 0 Å². The molecule has 1 aliphatic heterocycles. The molecule has 2 amide bonds. The Kier molecular flexibility index (Phi) is 5.86. The summed E-state index contributed by atoms with van der Waals surface area (Å²) in [5, 5.41) is 11.9. The zero-order chi connectivity index (χ0) is 17.8. The van der Waals surface area contributed by atoms with Gasteiger partial charge in [0.2, 0.25) is 0 Å². The first-order valence-corrected chi connectivity index (χ1v) is 7.78. The highest BCUT2D eigenvalue weighted by atomic mass is 16.6. The zero-order valence-corrected chi connectivity index (χ0v) is 14.8. The molecule has 1 N–H and O–H groups in total. The maximum atomic E-state index is 12.1. The fourth-order valence-electron chi connectivity index (χ4n) is 2.20. The number of nitrogens with zero attached hydrogens (tertiary/aromatic N) is 2. The van der Waals surface area contributed by atoms with Crippen LogP contribution in [0.4, 0.5) is 9.59 Å². The molecule has 0 aromatic rings. The van der Waals surface area contributed by atoms with Crippen molar-refractivity contribution >= 4 is 12.2 Å². The fourth-order valence-corrected chi connectivity index (χ4v) is 2.20. The van der Waals surface area contributed by atoms with E-state index in [2.05, 4.69) is 11.4 Å². The Labute approximate surface area is 137 Å². The van der Waals surface area contributed by atoms with E-state index in [1.807, 2.05) is 0 Å². The maximum absolute atomic E-state index is 12.1. The van der Waals surface area contributed by atoms with Crippen LogP contribution in [0.3, 0.4) is 0 Å². The zero-order valence-electron chi connectivity index (χ0n) is 14.8. The molecule has 0 aliphatic carbocycles. The van der Waals surface area contributed by atoms with Gasteiger partial charge in [0.25, 0.3) is 0 Å². The van der Waals surface area contributed by atoms with Gasteiger partial charge in [0.1, 0.15) is 11.2 Å². The molecule has 0 aromatic heterocycles. The van der Waals surface area contributed by atoms with E-state index in [-0.39, 0.29) is 12.5 Å². The molecular formula is C16H27N3O4. The summed E-state index contributed by atoms with van der Waals surface area (Å²) in [5.74, 6) is -0.360. The summed E-state index contributed by atoms with van der Waals surface area (Å²) < 4.78 is 10.6. The van der Waals surface area contributed by atoms with Gasteiger partial charge in [-0.1, -0.05) is 0 Å². The Hall–Kier alpha value is -1.97. The molecule has 1 aliphatic rings. The van der Waals surface area contributed by atoms with Crippen molar-refractivity contribution in [1.82, 2.24) is 10.2 Å². The standard InChI is InChI=1S/C16H27N3O4/c1-15(2,3)22-13(20)18-12-10-19(8-7-11(12)9-17)14(21)23-16(4,5)6/h11-12H,7-8,10H2,1-6H3,(H,18,20)/t11-,12+/m0/s1. The van der Waals surface area contributed by atoms with Crippen LogP contribution in [0.15, 0.2) is 0 Å². The van der Waals surface area contributed by atoms with Crippen LogP contribution >= 0.6 is 0 Å². The van der Waals surface area contributed by atoms with Crippen LogP contribution in [-0.4, -0.2) is 47.4 Å². The molecular weight excluding hydrogens is 298 g/mol. The number of piperidine rings is 1. The van der Waals surface area contributed by atoms with E-state index in [4.69, 9.17) is 9.47 Å². The number of nitriles is 1. The summed E-state index contributed by atoms with van der Waals surface area (Å²) in [7, 11) is 0. The van der Waals surface area contributed by atoms with E-state index in [9.17, 15) is 14.9 Å². The van der Waals surface area contributed by atoms with Gasteiger partial charge in [-0.05, 0) is 48.0 Å². The van der Waals surface area contributed by atoms with Crippen molar-refractivity contribution in [1.29, 1.82) is 5.26 Å². The van der Waals surface area contributed by atoms with Crippen LogP contribution in [-0.2, 0) is 9.47 Å². The second kappa shape index (κ2) is 7.07. The molecule has 23 heavy (non-hydrogen) atoms. The number of hydrogen-bond donors (Lipinski definition) is 1. The Morgan fingerprint density at radius 2 is 1.70 bits per heavy atom. The number of likely N-dealkylation sites (tertiary alicyclic amines) is 1. The molecule has 0 spiro atoms. The van der Waals surface area contributed by atoms with Crippen LogP contribution in [0.2, 0.25) is 0 Å². The second-order valence-corrected chi connectivity index (χ2v) is 7.70. The third kappa shape index (κ3) is 6.76. The number of amides is 2. The summed E-state index contributed by atoms with van der Waals surface area (Å²) in [6.45, 7) is 11.3. The first-order valence-electron chi connectivity index (χ1n) is 7.78. The normalized spacial score (nSPS) is 22.0. The summed E-state index contributed by atoms with van der Waals surface area (Å²) in [6.07, 6.45) is -0.547. The molecule has 1 rings (SSSR count). The van der Waals surface area contributed by atoms with E-state index < -0.39 is 29.4 Å². The van der Waals surface area contributed by atoms with Gasteiger partial charge in [0.15, 0.2) is 0 Å². The van der Waals surface area contributed by atoms with Gasteiger partial charge in [0.05, 0.1) is 18.0 Å². The highest BCUT2D eigenvalue weighted by Gasteiger charge is 2.35. The van der Waals surface area contributed by atoms with Gasteiger partial charge in [0, 0.05) is 13.1 Å². The van der Waals surface area contributed by atoms with Gasteiger partial charge in [-0.2, -0.15) is 5.26 Å². The summed E-state index contributed by atoms with van der Waals surface area (Å²) >= 11 is 0. The quantitative estimate of drug-likeness (QED) is 0.800. The number of nitrogens with one attached hydrogen (secondary N) is 1. The minimum atomic E-state index is -0.619. The Morgan fingerprint density at radius 1 is 1.13 bits per heavy atom. The topological polar surface area (TPSA) is 91.7 Å². The molecule has 7 heteroatoms. The second-order valence-electron chi connectivity index (χ2n) is 7.70. The average molecular weight is 325 g/mol. The van der Waals surface area contributed by atoms with Gasteiger partial charge in [-0.15, -0.1) is 0 Å². The lowest BCUT2D eigenvalue weighted by atomic mass is 9.93. The SMILES string of the molecule is CC(C)(C)OC(=O)N[C@@H]1CN(C(=O)OC(C)(C)C)CC[C@H]1C#N. The number of alkyl carbamates (subject to hydrolysis) is 1. The molecule has 130 valence electrons. The van der Waals surface area contributed by atoms with Crippen molar-refractivity contribution in [3.63, 3.8) is 0 Å². The highest BCUT2D eigenvalue weighted by Crippen LogP contribution is 2.20. The monoisotopic (exact) mass is 325 g/mol. The van der Waals surface area contributed by atoms with Crippen LogP contribution in [0, 0.1) is 17.2 Å². The number of carbonyl (C=O) groups excluding carboxylic acids is 2. The molecule has 0 radical (unpaired) electrons. The van der Waals surface area contributed by atoms with E-state index in [1.165, 1.54) is 4.90 Å². The molecule has 0 saturated carbocycles. The Bertz CT molecular complexity index is 485. The summed E-state index contributed by atoms with van der Waals surface area (Å²) in [5.41, 5.74) is -1.21. The third-order valence-corrected chi connectivity index (χ3v) is 3.13. The van der Waals surface area contributed by atoms with E-state index in [0.29, 0.717) is 13.0 Å². The number of rotatable bonds is 1. The first kappa shape index (κ1) is 19.1. The van der Waals surface area contributed by atoms with Crippen molar-refractivity contribution in [2.45, 2.75) is 65.2 Å². The van der Waals surface area contributed by atoms with Crippen LogP contribution in [0.5, 0.6) is 0 Å². The Morgan fingerprint density at radius 3 is 2.17 bits per heavy atom. The van der Waals surface area contributed by atoms with Crippen LogP contribution in [0.1, 0.15) is 48.0 Å². The third-order valence-electron chi connectivity index (χ3n) is 3.13. The van der Waals surface area contributed by atoms with Gasteiger partial charge < -0.3 is 19.7 Å². The molecule has 1 saturated heterocycles. The van der Waals surface area contributed by atoms with Crippen molar-refractivity contribution in [3.05, 3.63) is 0 Å². The van der Waals surface area contributed by atoms with Crippen LogP contribution in [0.25, 0.3) is 0 Å². The number of carbonyl (C=O) groups is 2. The average Bonchev–Trinajstić information content (AvgIpc) is 2.34. The predicted octanol–water partition coefficient (Wildman–Crippen LogP) is 2.66. The predicted molar refractivity (Wildman–Crippen MR) is 84.7 cm³/mol. The van der Waals surface area contributed by atoms with Crippen molar-refractivity contribution in [2.75, 3.05) is 13.1 Å². The van der Waals surface area contributed by atoms with Crippen molar-refractivity contribution < 1.29 is 19.1 Å². The smallest absolute Gasteiger partial charge is 0.410 e. The molecule has 0 unspecified atom stereocenters. The maximum Gasteiger partial charge on any atom is 0.410 e. The minimum absolute atomic E-state index is 0.229. The Balaban J connectivity index is 2.70. The molecule has 0 aromatic carbocycles. The van der Waals surface area contributed by atoms with Crippen molar-refractivity contribution in [2.24, 2.45) is 5.92 Å².